The molecule has 1 aromatic heterocycles. The molecule has 0 saturated carbocycles. The topological polar surface area (TPSA) is 68.5 Å². The van der Waals surface area contributed by atoms with E-state index in [0.717, 1.165) is 30.4 Å². The normalized spacial score (nSPS) is 18.0. The monoisotopic (exact) mass is 287 g/mol. The summed E-state index contributed by atoms with van der Waals surface area (Å²) in [6.45, 7) is 3.10. The minimum Gasteiger partial charge on any atom is -0.422 e. The summed E-state index contributed by atoms with van der Waals surface area (Å²) in [5.41, 5.74) is 0.950. The van der Waals surface area contributed by atoms with E-state index in [1.165, 1.54) is 0 Å². The Labute approximate surface area is 121 Å². The molecule has 0 bridgehead atoms. The number of carbonyl (C=O) groups excluding carboxylic acids is 1. The van der Waals surface area contributed by atoms with Crippen LogP contribution in [0.25, 0.3) is 11.0 Å². The van der Waals surface area contributed by atoms with Gasteiger partial charge in [-0.1, -0.05) is 11.6 Å². The summed E-state index contributed by atoms with van der Waals surface area (Å²) in [7, 11) is 0. The molecule has 21 heavy (non-hydrogen) atoms. The van der Waals surface area contributed by atoms with Gasteiger partial charge in [-0.05, 0) is 38.0 Å². The number of hydrogen-bond acceptors (Lipinski definition) is 4. The maximum absolute atomic E-state index is 12.1. The van der Waals surface area contributed by atoms with Gasteiger partial charge in [0.15, 0.2) is 0 Å². The summed E-state index contributed by atoms with van der Waals surface area (Å²) in [5.74, 6) is -0.414. The second-order valence-corrected chi connectivity index (χ2v) is 5.33. The van der Waals surface area contributed by atoms with E-state index in [1.54, 1.807) is 12.1 Å². The molecule has 0 aliphatic carbocycles. The highest BCUT2D eigenvalue weighted by molar-refractivity contribution is 5.96. The van der Waals surface area contributed by atoms with Crippen molar-refractivity contribution in [3.63, 3.8) is 0 Å². The Hall–Kier alpha value is -2.14. The minimum atomic E-state index is -0.615. The van der Waals surface area contributed by atoms with E-state index in [2.05, 4.69) is 5.32 Å². The van der Waals surface area contributed by atoms with Gasteiger partial charge in [-0.3, -0.25) is 4.79 Å². The van der Waals surface area contributed by atoms with Crippen molar-refractivity contribution >= 4 is 16.9 Å². The molecule has 1 amide bonds. The van der Waals surface area contributed by atoms with Crippen LogP contribution in [-0.4, -0.2) is 25.2 Å². The molecule has 3 rings (SSSR count). The first kappa shape index (κ1) is 13.8. The van der Waals surface area contributed by atoms with Crippen LogP contribution in [0.1, 0.15) is 28.8 Å². The molecule has 5 heteroatoms. The number of aryl methyl sites for hydroxylation is 1. The molecule has 5 nitrogen and oxygen atoms in total. The maximum atomic E-state index is 12.1. The molecule has 1 fully saturated rings. The van der Waals surface area contributed by atoms with Gasteiger partial charge >= 0.3 is 5.63 Å². The number of rotatable bonds is 3. The Morgan fingerprint density at radius 1 is 1.38 bits per heavy atom. The van der Waals surface area contributed by atoms with Crippen LogP contribution >= 0.6 is 0 Å². The summed E-state index contributed by atoms with van der Waals surface area (Å²) < 4.78 is 10.6. The summed E-state index contributed by atoms with van der Waals surface area (Å²) in [4.78, 5) is 24.0. The molecule has 2 heterocycles. The smallest absolute Gasteiger partial charge is 0.349 e. The van der Waals surface area contributed by atoms with E-state index >= 15 is 0 Å². The first-order valence-corrected chi connectivity index (χ1v) is 7.08. The summed E-state index contributed by atoms with van der Waals surface area (Å²) in [5, 5.41) is 3.48. The Balaban J connectivity index is 1.83. The van der Waals surface area contributed by atoms with Gasteiger partial charge in [-0.15, -0.1) is 0 Å². The number of carbonyl (C=O) groups is 1. The first-order chi connectivity index (χ1) is 10.1. The van der Waals surface area contributed by atoms with Gasteiger partial charge < -0.3 is 14.5 Å². The molecule has 1 atom stereocenters. The predicted molar refractivity (Wildman–Crippen MR) is 78.5 cm³/mol. The molecule has 1 aliphatic heterocycles. The predicted octanol–water partition coefficient (Wildman–Crippen LogP) is 2.01. The molecule has 110 valence electrons. The van der Waals surface area contributed by atoms with Crippen molar-refractivity contribution in [2.24, 2.45) is 0 Å². The van der Waals surface area contributed by atoms with Crippen molar-refractivity contribution < 1.29 is 13.9 Å². The van der Waals surface area contributed by atoms with E-state index in [1.807, 2.05) is 19.1 Å². The maximum Gasteiger partial charge on any atom is 0.349 e. The average Bonchev–Trinajstić information content (AvgIpc) is 2.98. The lowest BCUT2D eigenvalue weighted by atomic mass is 10.1. The number of amides is 1. The van der Waals surface area contributed by atoms with Crippen molar-refractivity contribution in [1.82, 2.24) is 5.32 Å². The molecule has 0 spiro atoms. The second-order valence-electron chi connectivity index (χ2n) is 5.33. The average molecular weight is 287 g/mol. The molecule has 1 saturated heterocycles. The van der Waals surface area contributed by atoms with Gasteiger partial charge in [-0.25, -0.2) is 4.79 Å². The van der Waals surface area contributed by atoms with Crippen LogP contribution in [-0.2, 0) is 4.74 Å². The number of fused-ring (bicyclic) bond motifs is 1. The third-order valence-electron chi connectivity index (χ3n) is 3.65. The quantitative estimate of drug-likeness (QED) is 0.877. The van der Waals surface area contributed by atoms with Crippen LogP contribution < -0.4 is 10.9 Å². The van der Waals surface area contributed by atoms with Crippen molar-refractivity contribution in [2.75, 3.05) is 13.2 Å². The van der Waals surface area contributed by atoms with Crippen LogP contribution in [0, 0.1) is 6.92 Å². The van der Waals surface area contributed by atoms with Gasteiger partial charge in [-0.2, -0.15) is 0 Å². The Morgan fingerprint density at radius 3 is 3.00 bits per heavy atom. The zero-order chi connectivity index (χ0) is 14.8. The lowest BCUT2D eigenvalue weighted by Crippen LogP contribution is -2.34. The highest BCUT2D eigenvalue weighted by Gasteiger charge is 2.18. The second kappa shape index (κ2) is 5.69. The number of ether oxygens (including phenoxy) is 1. The van der Waals surface area contributed by atoms with Crippen LogP contribution in [0.3, 0.4) is 0 Å². The van der Waals surface area contributed by atoms with E-state index in [9.17, 15) is 9.59 Å². The van der Waals surface area contributed by atoms with Crippen LogP contribution in [0.4, 0.5) is 0 Å². The van der Waals surface area contributed by atoms with E-state index < -0.39 is 11.5 Å². The van der Waals surface area contributed by atoms with Crippen molar-refractivity contribution in [2.45, 2.75) is 25.9 Å². The summed E-state index contributed by atoms with van der Waals surface area (Å²) in [6, 6.07) is 7.07. The molecule has 1 aliphatic rings. The summed E-state index contributed by atoms with van der Waals surface area (Å²) in [6.07, 6.45) is 1.99. The zero-order valence-corrected chi connectivity index (χ0v) is 11.8. The summed E-state index contributed by atoms with van der Waals surface area (Å²) >= 11 is 0. The highest BCUT2D eigenvalue weighted by Crippen LogP contribution is 2.15. The van der Waals surface area contributed by atoms with Crippen molar-refractivity contribution in [3.8, 4) is 0 Å². The van der Waals surface area contributed by atoms with Crippen molar-refractivity contribution in [1.29, 1.82) is 0 Å². The molecule has 1 aromatic carbocycles. The van der Waals surface area contributed by atoms with E-state index in [4.69, 9.17) is 9.15 Å². The van der Waals surface area contributed by atoms with E-state index in [-0.39, 0.29) is 11.7 Å². The SMILES string of the molecule is Cc1ccc2oc(=O)c(C(=O)NC[C@@H]3CCCO3)cc2c1. The lowest BCUT2D eigenvalue weighted by molar-refractivity contribution is 0.0855. The third-order valence-corrected chi connectivity index (χ3v) is 3.65. The van der Waals surface area contributed by atoms with Gasteiger partial charge in [0.25, 0.3) is 5.91 Å². The van der Waals surface area contributed by atoms with Crippen LogP contribution in [0.5, 0.6) is 0 Å². The van der Waals surface area contributed by atoms with Gasteiger partial charge in [0.05, 0.1) is 6.10 Å². The largest absolute Gasteiger partial charge is 0.422 e. The fraction of sp³-hybridized carbons (Fsp3) is 0.375. The Bertz CT molecular complexity index is 729. The Kier molecular flexibility index (Phi) is 3.75. The van der Waals surface area contributed by atoms with Gasteiger partial charge in [0.1, 0.15) is 11.1 Å². The van der Waals surface area contributed by atoms with Gasteiger partial charge in [0, 0.05) is 18.5 Å². The van der Waals surface area contributed by atoms with Gasteiger partial charge in [0.2, 0.25) is 0 Å². The van der Waals surface area contributed by atoms with Crippen LogP contribution in [0.2, 0.25) is 0 Å². The molecular formula is C16H17NO4. The standard InChI is InChI=1S/C16H17NO4/c1-10-4-5-14-11(7-10)8-13(16(19)21-14)15(18)17-9-12-3-2-6-20-12/h4-5,7-8,12H,2-3,6,9H2,1H3,(H,17,18)/t12-/m0/s1. The lowest BCUT2D eigenvalue weighted by Gasteiger charge is -2.10. The number of nitrogens with one attached hydrogen (secondary N) is 1. The van der Waals surface area contributed by atoms with Crippen molar-refractivity contribution in [3.05, 3.63) is 45.8 Å². The molecular weight excluding hydrogens is 270 g/mol. The fourth-order valence-electron chi connectivity index (χ4n) is 2.51. The third kappa shape index (κ3) is 2.97. The van der Waals surface area contributed by atoms with E-state index in [0.29, 0.717) is 12.1 Å². The first-order valence-electron chi connectivity index (χ1n) is 7.08. The number of hydrogen-bond donors (Lipinski definition) is 1. The molecule has 0 unspecified atom stereocenters. The fourth-order valence-corrected chi connectivity index (χ4v) is 2.51. The highest BCUT2D eigenvalue weighted by atomic mass is 16.5. The molecule has 2 aromatic rings. The van der Waals surface area contributed by atoms with Crippen LogP contribution in [0.15, 0.2) is 33.5 Å². The molecule has 0 radical (unpaired) electrons. The number of benzene rings is 1. The Morgan fingerprint density at radius 2 is 2.24 bits per heavy atom. The minimum absolute atomic E-state index is 0.0334. The zero-order valence-electron chi connectivity index (χ0n) is 11.8. The molecule has 1 N–H and O–H groups in total.